The number of carbonyl (C=O) groups is 2. The third kappa shape index (κ3) is 4.23. The maximum atomic E-state index is 13.5. The van der Waals surface area contributed by atoms with E-state index in [2.05, 4.69) is 5.32 Å². The number of aromatic nitrogens is 2. The Labute approximate surface area is 219 Å². The van der Waals surface area contributed by atoms with Gasteiger partial charge in [0.2, 0.25) is 0 Å². The van der Waals surface area contributed by atoms with Gasteiger partial charge < -0.3 is 29.2 Å². The highest BCUT2D eigenvalue weighted by Crippen LogP contribution is 2.40. The van der Waals surface area contributed by atoms with Crippen molar-refractivity contribution >= 4 is 23.0 Å². The van der Waals surface area contributed by atoms with Crippen LogP contribution in [0.5, 0.6) is 5.75 Å². The quantitative estimate of drug-likeness (QED) is 0.267. The smallest absolute Gasteiger partial charge is 0.412 e. The molecule has 2 aromatic heterocycles. The summed E-state index contributed by atoms with van der Waals surface area (Å²) in [5.74, 6) is -0.357. The minimum Gasteiger partial charge on any atom is -0.458 e. The van der Waals surface area contributed by atoms with Crippen LogP contribution in [-0.2, 0) is 39.4 Å². The number of nitrogens with one attached hydrogen (secondary N) is 1. The molecule has 2 aliphatic rings. The highest BCUT2D eigenvalue weighted by Gasteiger charge is 2.45. The first kappa shape index (κ1) is 25.9. The largest absolute Gasteiger partial charge is 0.458 e. The molecule has 200 valence electrons. The molecular formula is C28H31N3O7. The summed E-state index contributed by atoms with van der Waals surface area (Å²) in [6, 6.07) is 6.96. The first-order chi connectivity index (χ1) is 18.3. The van der Waals surface area contributed by atoms with Gasteiger partial charge in [-0.15, -0.1) is 0 Å². The number of carbonyl (C=O) groups excluding carboxylic acids is 2. The highest BCUT2D eigenvalue weighted by molar-refractivity contribution is 5.90. The summed E-state index contributed by atoms with van der Waals surface area (Å²) in [6.07, 6.45) is 0.897. The van der Waals surface area contributed by atoms with E-state index in [1.54, 1.807) is 35.8 Å². The molecule has 10 nitrogen and oxygen atoms in total. The number of aliphatic hydroxyl groups is 1. The van der Waals surface area contributed by atoms with E-state index < -0.39 is 17.7 Å². The molecule has 3 aromatic rings. The Morgan fingerprint density at radius 1 is 1.21 bits per heavy atom. The van der Waals surface area contributed by atoms with Gasteiger partial charge in [-0.1, -0.05) is 13.8 Å². The van der Waals surface area contributed by atoms with E-state index in [9.17, 15) is 19.5 Å². The summed E-state index contributed by atoms with van der Waals surface area (Å²) < 4.78 is 17.5. The molecule has 0 spiro atoms. The molecule has 0 aliphatic carbocycles. The molecule has 0 saturated heterocycles. The number of aryl methyl sites for hydroxylation is 1. The van der Waals surface area contributed by atoms with Crippen molar-refractivity contribution in [2.45, 2.75) is 58.8 Å². The lowest BCUT2D eigenvalue weighted by molar-refractivity contribution is -0.172. The molecular weight excluding hydrogens is 490 g/mol. The summed E-state index contributed by atoms with van der Waals surface area (Å²) in [4.78, 5) is 43.0. The second-order valence-corrected chi connectivity index (χ2v) is 9.42. The topological polar surface area (TPSA) is 129 Å². The summed E-state index contributed by atoms with van der Waals surface area (Å²) in [5.41, 5.74) is 2.19. The number of hydrogen-bond acceptors (Lipinski definition) is 8. The Hall–Kier alpha value is -3.76. The fraction of sp³-hybridized carbons (Fsp3) is 0.429. The number of fused-ring (bicyclic) bond motifs is 5. The number of benzene rings is 1. The van der Waals surface area contributed by atoms with E-state index in [0.717, 1.165) is 16.5 Å². The van der Waals surface area contributed by atoms with Gasteiger partial charge in [-0.25, -0.2) is 14.6 Å². The Balaban J connectivity index is 1.51. The number of esters is 1. The van der Waals surface area contributed by atoms with Gasteiger partial charge in [0.05, 0.1) is 29.0 Å². The number of pyridine rings is 2. The molecule has 2 N–H and O–H groups in total. The Kier molecular flexibility index (Phi) is 6.93. The van der Waals surface area contributed by atoms with Crippen molar-refractivity contribution in [3.63, 3.8) is 0 Å². The molecule has 0 radical (unpaired) electrons. The first-order valence-electron chi connectivity index (χ1n) is 13.0. The number of hydrogen-bond donors (Lipinski definition) is 2. The van der Waals surface area contributed by atoms with Crippen LogP contribution in [0.4, 0.5) is 4.79 Å². The molecule has 2 aliphatic heterocycles. The lowest BCUT2D eigenvalue weighted by Crippen LogP contribution is -2.44. The molecule has 1 unspecified atom stereocenters. The van der Waals surface area contributed by atoms with Crippen LogP contribution in [0.2, 0.25) is 0 Å². The van der Waals surface area contributed by atoms with Crippen molar-refractivity contribution in [2.24, 2.45) is 0 Å². The fourth-order valence-electron chi connectivity index (χ4n) is 5.26. The standard InChI is InChI=1S/C28H31N3O7/c1-4-17-18-12-16(38-27(34)29-10-7-11-36-6-3)8-9-22(18)30-24-19(17)14-31-23(24)13-21-20(25(31)32)15-37-26(33)28(21,35)5-2/h8-9,12-13,35H,4-7,10-11,14-15H2,1-3H3,(H,29,34). The SMILES string of the molecule is CCOCCCNC(=O)Oc1ccc2nc3c(c(CC)c2c1)Cn1c-3cc2c(c1=O)COC(=O)C2(O)CC. The van der Waals surface area contributed by atoms with Crippen molar-refractivity contribution in [1.82, 2.24) is 14.9 Å². The third-order valence-electron chi connectivity index (χ3n) is 7.28. The number of amides is 1. The minimum atomic E-state index is -1.87. The Morgan fingerprint density at radius 2 is 2.03 bits per heavy atom. The summed E-state index contributed by atoms with van der Waals surface area (Å²) >= 11 is 0. The zero-order chi connectivity index (χ0) is 27.0. The predicted octanol–water partition coefficient (Wildman–Crippen LogP) is 3.16. The molecule has 0 fully saturated rings. The molecule has 38 heavy (non-hydrogen) atoms. The normalized spacial score (nSPS) is 17.5. The van der Waals surface area contributed by atoms with Crippen LogP contribution in [0, 0.1) is 0 Å². The van der Waals surface area contributed by atoms with Crippen molar-refractivity contribution in [3.05, 3.63) is 56.9 Å². The monoisotopic (exact) mass is 521 g/mol. The summed E-state index contributed by atoms with van der Waals surface area (Å²) in [7, 11) is 0. The molecule has 1 atom stereocenters. The minimum absolute atomic E-state index is 0.0861. The van der Waals surface area contributed by atoms with Crippen LogP contribution in [0.25, 0.3) is 22.3 Å². The maximum Gasteiger partial charge on any atom is 0.412 e. The molecule has 1 aromatic carbocycles. The molecule has 1 amide bonds. The molecule has 0 saturated carbocycles. The first-order valence-corrected chi connectivity index (χ1v) is 13.0. The van der Waals surface area contributed by atoms with Gasteiger partial charge in [-0.3, -0.25) is 4.79 Å². The predicted molar refractivity (Wildman–Crippen MR) is 139 cm³/mol. The molecule has 10 heteroatoms. The fourth-order valence-corrected chi connectivity index (χ4v) is 5.26. The lowest BCUT2D eigenvalue weighted by atomic mass is 9.86. The van der Waals surface area contributed by atoms with Crippen molar-refractivity contribution < 1.29 is 28.9 Å². The second-order valence-electron chi connectivity index (χ2n) is 9.42. The van der Waals surface area contributed by atoms with E-state index in [4.69, 9.17) is 19.2 Å². The van der Waals surface area contributed by atoms with E-state index in [1.165, 1.54) is 0 Å². The Bertz CT molecular complexity index is 1500. The molecule has 5 rings (SSSR count). The van der Waals surface area contributed by atoms with E-state index >= 15 is 0 Å². The van der Waals surface area contributed by atoms with Crippen LogP contribution in [0.15, 0.2) is 29.1 Å². The van der Waals surface area contributed by atoms with E-state index in [0.29, 0.717) is 61.8 Å². The van der Waals surface area contributed by atoms with Crippen LogP contribution in [-0.4, -0.2) is 46.5 Å². The van der Waals surface area contributed by atoms with Gasteiger partial charge in [0.25, 0.3) is 5.56 Å². The summed E-state index contributed by atoms with van der Waals surface area (Å²) in [6.45, 7) is 7.41. The second kappa shape index (κ2) is 10.2. The highest BCUT2D eigenvalue weighted by atomic mass is 16.6. The number of cyclic esters (lactones) is 1. The van der Waals surface area contributed by atoms with Crippen LogP contribution in [0.3, 0.4) is 0 Å². The van der Waals surface area contributed by atoms with Crippen molar-refractivity contribution in [1.29, 1.82) is 0 Å². The molecule has 0 bridgehead atoms. The lowest BCUT2D eigenvalue weighted by Gasteiger charge is -2.31. The van der Waals surface area contributed by atoms with Crippen LogP contribution < -0.4 is 15.6 Å². The van der Waals surface area contributed by atoms with Gasteiger partial charge in [0, 0.05) is 36.3 Å². The van der Waals surface area contributed by atoms with Crippen LogP contribution >= 0.6 is 0 Å². The van der Waals surface area contributed by atoms with Gasteiger partial charge >= 0.3 is 12.1 Å². The van der Waals surface area contributed by atoms with Gasteiger partial charge in [0.15, 0.2) is 5.60 Å². The van der Waals surface area contributed by atoms with Crippen molar-refractivity contribution in [3.8, 4) is 17.1 Å². The van der Waals surface area contributed by atoms with Gasteiger partial charge in [0.1, 0.15) is 12.4 Å². The maximum absolute atomic E-state index is 13.5. The zero-order valence-electron chi connectivity index (χ0n) is 21.8. The van der Waals surface area contributed by atoms with Crippen molar-refractivity contribution in [2.75, 3.05) is 19.8 Å². The van der Waals surface area contributed by atoms with E-state index in [-0.39, 0.29) is 29.7 Å². The third-order valence-corrected chi connectivity index (χ3v) is 7.28. The van der Waals surface area contributed by atoms with Crippen LogP contribution in [0.1, 0.15) is 55.9 Å². The van der Waals surface area contributed by atoms with E-state index in [1.807, 2.05) is 13.8 Å². The Morgan fingerprint density at radius 3 is 2.76 bits per heavy atom. The average Bonchev–Trinajstić information content (AvgIpc) is 3.28. The average molecular weight is 522 g/mol. The summed E-state index contributed by atoms with van der Waals surface area (Å²) in [5, 5.41) is 14.6. The number of nitrogens with zero attached hydrogens (tertiary/aromatic N) is 2. The number of ether oxygens (including phenoxy) is 3. The van der Waals surface area contributed by atoms with Gasteiger partial charge in [-0.05, 0) is 56.0 Å². The zero-order valence-corrected chi connectivity index (χ0v) is 21.8. The number of rotatable bonds is 8. The van der Waals surface area contributed by atoms with Gasteiger partial charge in [-0.2, -0.15) is 0 Å². The molecule has 4 heterocycles.